The molecular weight excluding hydrogens is 400 g/mol. The first-order valence-corrected chi connectivity index (χ1v) is 10.1. The van der Waals surface area contributed by atoms with E-state index in [1.54, 1.807) is 36.9 Å². The summed E-state index contributed by atoms with van der Waals surface area (Å²) in [5.74, 6) is 1.22. The second-order valence-electron chi connectivity index (χ2n) is 6.55. The lowest BCUT2D eigenvalue weighted by atomic mass is 10.1. The molecule has 0 radical (unpaired) electrons. The van der Waals surface area contributed by atoms with Gasteiger partial charge in [0.25, 0.3) is 11.9 Å². The number of nitrogens with one attached hydrogen (secondary N) is 1. The Morgan fingerprint density at radius 2 is 1.93 bits per heavy atom. The molecule has 4 rings (SSSR count). The molecule has 0 spiro atoms. The number of thiazole rings is 1. The van der Waals surface area contributed by atoms with Crippen LogP contribution in [-0.4, -0.2) is 34.7 Å². The van der Waals surface area contributed by atoms with Crippen LogP contribution < -0.4 is 14.8 Å². The molecule has 1 N–H and O–H groups in total. The molecule has 2 heterocycles. The van der Waals surface area contributed by atoms with Crippen molar-refractivity contribution in [3.63, 3.8) is 0 Å². The van der Waals surface area contributed by atoms with Crippen LogP contribution >= 0.6 is 11.3 Å². The molecule has 0 aliphatic heterocycles. The number of nitrogens with zero attached hydrogens (tertiary/aromatic N) is 3. The van der Waals surface area contributed by atoms with Crippen molar-refractivity contribution in [1.82, 2.24) is 14.6 Å². The molecule has 1 amide bonds. The fraction of sp³-hybridized carbons (Fsp3) is 0.136. The highest BCUT2D eigenvalue weighted by atomic mass is 32.1. The number of methoxy groups -OCH3 is 2. The zero-order valence-electron chi connectivity index (χ0n) is 16.7. The largest absolute Gasteiger partial charge is 0.497 e. The summed E-state index contributed by atoms with van der Waals surface area (Å²) in [5, 5.41) is 9.14. The lowest BCUT2D eigenvalue weighted by Gasteiger charge is -2.07. The molecule has 7 nitrogen and oxygen atoms in total. The van der Waals surface area contributed by atoms with Crippen molar-refractivity contribution in [2.24, 2.45) is 0 Å². The molecule has 0 aliphatic rings. The van der Waals surface area contributed by atoms with Crippen LogP contribution in [0, 0.1) is 6.92 Å². The van der Waals surface area contributed by atoms with Crippen LogP contribution in [0.25, 0.3) is 22.3 Å². The number of rotatable bonds is 6. The summed E-state index contributed by atoms with van der Waals surface area (Å²) in [6.45, 7) is 2.05. The fourth-order valence-electron chi connectivity index (χ4n) is 2.93. The molecule has 4 aromatic rings. The third-order valence-electron chi connectivity index (χ3n) is 4.52. The Kier molecular flexibility index (Phi) is 5.49. The maximum absolute atomic E-state index is 12.4. The van der Waals surface area contributed by atoms with Gasteiger partial charge in [-0.25, -0.2) is 4.52 Å². The van der Waals surface area contributed by atoms with E-state index in [2.05, 4.69) is 27.5 Å². The van der Waals surface area contributed by atoms with E-state index in [0.29, 0.717) is 16.5 Å². The number of anilines is 1. The highest BCUT2D eigenvalue weighted by Gasteiger charge is 2.12. The summed E-state index contributed by atoms with van der Waals surface area (Å²) in [6, 6.07) is 13.6. The molecule has 2 aromatic heterocycles. The lowest BCUT2D eigenvalue weighted by Crippen LogP contribution is -2.09. The van der Waals surface area contributed by atoms with Crippen LogP contribution in [0.3, 0.4) is 0 Å². The first kappa shape index (κ1) is 19.7. The number of hydrogen-bond donors (Lipinski definition) is 1. The summed E-state index contributed by atoms with van der Waals surface area (Å²) < 4.78 is 12.3. The van der Waals surface area contributed by atoms with Crippen LogP contribution in [0.1, 0.15) is 11.1 Å². The predicted octanol–water partition coefficient (Wildman–Crippen LogP) is 4.44. The van der Waals surface area contributed by atoms with E-state index in [1.807, 2.05) is 30.5 Å². The smallest absolute Gasteiger partial charge is 0.250 e. The Morgan fingerprint density at radius 3 is 2.67 bits per heavy atom. The van der Waals surface area contributed by atoms with E-state index in [9.17, 15) is 4.79 Å². The molecule has 2 aromatic carbocycles. The highest BCUT2D eigenvalue weighted by Crippen LogP contribution is 2.27. The summed E-state index contributed by atoms with van der Waals surface area (Å²) >= 11 is 1.47. The van der Waals surface area contributed by atoms with Crippen molar-refractivity contribution < 1.29 is 14.3 Å². The summed E-state index contributed by atoms with van der Waals surface area (Å²) in [6.07, 6.45) is 3.09. The van der Waals surface area contributed by atoms with Crippen molar-refractivity contribution >= 4 is 34.2 Å². The molecule has 0 fully saturated rings. The van der Waals surface area contributed by atoms with Gasteiger partial charge in [-0.05, 0) is 25.1 Å². The number of amides is 1. The van der Waals surface area contributed by atoms with Crippen molar-refractivity contribution in [3.05, 3.63) is 65.0 Å². The zero-order chi connectivity index (χ0) is 21.1. The van der Waals surface area contributed by atoms with Crippen LogP contribution in [0.4, 0.5) is 5.95 Å². The van der Waals surface area contributed by atoms with Crippen molar-refractivity contribution in [3.8, 4) is 22.8 Å². The Balaban J connectivity index is 1.51. The predicted molar refractivity (Wildman–Crippen MR) is 118 cm³/mol. The summed E-state index contributed by atoms with van der Waals surface area (Å²) in [7, 11) is 3.16. The van der Waals surface area contributed by atoms with Gasteiger partial charge in [0, 0.05) is 28.6 Å². The molecule has 30 heavy (non-hydrogen) atoms. The minimum atomic E-state index is -0.331. The van der Waals surface area contributed by atoms with Gasteiger partial charge in [-0.3, -0.25) is 10.1 Å². The molecular formula is C22H20N4O3S. The first-order valence-electron chi connectivity index (χ1n) is 9.20. The normalized spacial score (nSPS) is 11.2. The van der Waals surface area contributed by atoms with Crippen molar-refractivity contribution in [2.75, 3.05) is 19.5 Å². The molecule has 0 unspecified atom stereocenters. The maximum Gasteiger partial charge on any atom is 0.250 e. The summed E-state index contributed by atoms with van der Waals surface area (Å²) in [4.78, 5) is 17.5. The molecule has 152 valence electrons. The van der Waals surface area contributed by atoms with Gasteiger partial charge in [-0.1, -0.05) is 29.8 Å². The van der Waals surface area contributed by atoms with Crippen LogP contribution in [-0.2, 0) is 4.79 Å². The second-order valence-corrected chi connectivity index (χ2v) is 7.38. The van der Waals surface area contributed by atoms with Crippen molar-refractivity contribution in [2.45, 2.75) is 6.92 Å². The number of carbonyl (C=O) groups excluding carboxylic acids is 1. The van der Waals surface area contributed by atoms with Gasteiger partial charge in [0.2, 0.25) is 4.96 Å². The standard InChI is InChI=1S/C22H20N4O3S/c1-14-4-6-15(7-5-14)18-13-30-22-24-21(25-26(18)22)23-20(27)11-9-16-8-10-17(28-2)12-19(16)29-3/h4-13H,1-3H3,(H,23,25,27)/b11-9+. The number of hydrogen-bond acceptors (Lipinski definition) is 6. The zero-order valence-corrected chi connectivity index (χ0v) is 17.6. The highest BCUT2D eigenvalue weighted by molar-refractivity contribution is 7.15. The Labute approximate surface area is 177 Å². The van der Waals surface area contributed by atoms with E-state index in [4.69, 9.17) is 9.47 Å². The molecule has 0 saturated heterocycles. The third kappa shape index (κ3) is 4.04. The Morgan fingerprint density at radius 1 is 1.13 bits per heavy atom. The number of carbonyl (C=O) groups is 1. The van der Waals surface area contributed by atoms with E-state index < -0.39 is 0 Å². The minimum Gasteiger partial charge on any atom is -0.497 e. The topological polar surface area (TPSA) is 77.8 Å². The van der Waals surface area contributed by atoms with Gasteiger partial charge in [0.15, 0.2) is 0 Å². The van der Waals surface area contributed by atoms with Gasteiger partial charge in [-0.15, -0.1) is 16.4 Å². The molecule has 8 heteroatoms. The molecule has 0 bridgehead atoms. The van der Waals surface area contributed by atoms with Gasteiger partial charge in [0.1, 0.15) is 11.5 Å². The molecule has 0 aliphatic carbocycles. The van der Waals surface area contributed by atoms with E-state index in [1.165, 1.54) is 23.0 Å². The van der Waals surface area contributed by atoms with E-state index in [-0.39, 0.29) is 11.9 Å². The molecule has 0 saturated carbocycles. The SMILES string of the molecule is COc1ccc(/C=C/C(=O)Nc2nc3scc(-c4ccc(C)cc4)n3n2)c(OC)c1. The second kappa shape index (κ2) is 8.38. The van der Waals surface area contributed by atoms with Gasteiger partial charge in [-0.2, -0.15) is 4.98 Å². The third-order valence-corrected chi connectivity index (χ3v) is 5.34. The quantitative estimate of drug-likeness (QED) is 0.467. The number of fused-ring (bicyclic) bond motifs is 1. The molecule has 0 atom stereocenters. The van der Waals surface area contributed by atoms with Crippen LogP contribution in [0.2, 0.25) is 0 Å². The summed E-state index contributed by atoms with van der Waals surface area (Å²) in [5.41, 5.74) is 3.92. The van der Waals surface area contributed by atoms with Gasteiger partial charge in [0.05, 0.1) is 19.9 Å². The van der Waals surface area contributed by atoms with E-state index >= 15 is 0 Å². The van der Waals surface area contributed by atoms with Crippen LogP contribution in [0.15, 0.2) is 53.9 Å². The lowest BCUT2D eigenvalue weighted by molar-refractivity contribution is -0.111. The monoisotopic (exact) mass is 420 g/mol. The fourth-order valence-corrected chi connectivity index (χ4v) is 3.76. The van der Waals surface area contributed by atoms with Gasteiger partial charge < -0.3 is 9.47 Å². The Hall–Kier alpha value is -3.65. The number of benzene rings is 2. The van der Waals surface area contributed by atoms with Crippen molar-refractivity contribution in [1.29, 1.82) is 0 Å². The van der Waals surface area contributed by atoms with Crippen LogP contribution in [0.5, 0.6) is 11.5 Å². The van der Waals surface area contributed by atoms with Gasteiger partial charge >= 0.3 is 0 Å². The average Bonchev–Trinajstić information content (AvgIpc) is 3.33. The number of aryl methyl sites for hydroxylation is 1. The van der Waals surface area contributed by atoms with E-state index in [0.717, 1.165) is 16.8 Å². The number of ether oxygens (including phenoxy) is 2. The first-order chi connectivity index (χ1) is 14.6. The minimum absolute atomic E-state index is 0.256. The number of aromatic nitrogens is 3. The average molecular weight is 420 g/mol. The maximum atomic E-state index is 12.4. The Bertz CT molecular complexity index is 1230.